The summed E-state index contributed by atoms with van der Waals surface area (Å²) in [7, 11) is 0. The number of nitrogens with two attached hydrogens (primary N) is 1. The minimum Gasteiger partial charge on any atom is -0.490 e. The third-order valence-corrected chi connectivity index (χ3v) is 4.04. The molecule has 19 heavy (non-hydrogen) atoms. The van der Waals surface area contributed by atoms with Crippen LogP contribution in [0.4, 0.5) is 0 Å². The van der Waals surface area contributed by atoms with Gasteiger partial charge in [-0.15, -0.1) is 0 Å². The molecule has 2 N–H and O–H groups in total. The van der Waals surface area contributed by atoms with Gasteiger partial charge in [-0.3, -0.25) is 0 Å². The monoisotopic (exact) mass is 261 g/mol. The highest BCUT2D eigenvalue weighted by atomic mass is 16.5. The molecule has 0 bridgehead atoms. The first kappa shape index (κ1) is 14.4. The lowest BCUT2D eigenvalue weighted by Gasteiger charge is -2.21. The minimum atomic E-state index is 0.417. The first-order valence-electron chi connectivity index (χ1n) is 7.67. The fourth-order valence-electron chi connectivity index (χ4n) is 3.06. The van der Waals surface area contributed by atoms with Crippen molar-refractivity contribution in [1.29, 1.82) is 0 Å². The smallest absolute Gasteiger partial charge is 0.125 e. The third kappa shape index (κ3) is 3.97. The average molecular weight is 261 g/mol. The van der Waals surface area contributed by atoms with Crippen LogP contribution in [0, 0.1) is 13.8 Å². The number of hydrogen-bond donors (Lipinski definition) is 1. The Morgan fingerprint density at radius 3 is 2.16 bits per heavy atom. The molecule has 0 radical (unpaired) electrons. The van der Waals surface area contributed by atoms with Crippen LogP contribution >= 0.6 is 0 Å². The van der Waals surface area contributed by atoms with E-state index in [1.807, 2.05) is 0 Å². The van der Waals surface area contributed by atoms with Gasteiger partial charge in [-0.05, 0) is 69.2 Å². The fourth-order valence-corrected chi connectivity index (χ4v) is 3.06. The van der Waals surface area contributed by atoms with Crippen molar-refractivity contribution in [3.8, 4) is 5.75 Å². The molecule has 1 saturated carbocycles. The van der Waals surface area contributed by atoms with Crippen LogP contribution in [0.5, 0.6) is 5.75 Å². The minimum absolute atomic E-state index is 0.417. The molecule has 1 aliphatic rings. The Morgan fingerprint density at radius 1 is 1.05 bits per heavy atom. The Labute approximate surface area is 117 Å². The Morgan fingerprint density at radius 2 is 1.63 bits per heavy atom. The lowest BCUT2D eigenvalue weighted by molar-refractivity contribution is 0.181. The van der Waals surface area contributed by atoms with Gasteiger partial charge >= 0.3 is 0 Å². The highest BCUT2D eigenvalue weighted by Gasteiger charge is 2.16. The fraction of sp³-hybridized carbons (Fsp3) is 0.647. The van der Waals surface area contributed by atoms with Crippen molar-refractivity contribution in [3.05, 3.63) is 28.8 Å². The molecule has 0 unspecified atom stereocenters. The van der Waals surface area contributed by atoms with Gasteiger partial charge in [-0.1, -0.05) is 25.0 Å². The molecule has 0 heterocycles. The van der Waals surface area contributed by atoms with E-state index in [-0.39, 0.29) is 0 Å². The first-order chi connectivity index (χ1) is 9.20. The summed E-state index contributed by atoms with van der Waals surface area (Å²) in [4.78, 5) is 0. The molecule has 1 aromatic rings. The summed E-state index contributed by atoms with van der Waals surface area (Å²) >= 11 is 0. The zero-order valence-electron chi connectivity index (χ0n) is 12.4. The van der Waals surface area contributed by atoms with E-state index in [4.69, 9.17) is 10.5 Å². The van der Waals surface area contributed by atoms with Crippen LogP contribution < -0.4 is 10.5 Å². The molecule has 106 valence electrons. The van der Waals surface area contributed by atoms with Crippen LogP contribution in [0.1, 0.15) is 55.2 Å². The summed E-state index contributed by atoms with van der Waals surface area (Å²) in [5, 5.41) is 0. The van der Waals surface area contributed by atoms with E-state index in [9.17, 15) is 0 Å². The molecule has 1 aliphatic carbocycles. The summed E-state index contributed by atoms with van der Waals surface area (Å²) in [6.45, 7) is 5.01. The highest BCUT2D eigenvalue weighted by molar-refractivity contribution is 5.43. The number of hydrogen-bond acceptors (Lipinski definition) is 2. The zero-order chi connectivity index (χ0) is 13.7. The second kappa shape index (κ2) is 6.95. The molecule has 1 aromatic carbocycles. The van der Waals surface area contributed by atoms with E-state index in [1.165, 1.54) is 55.2 Å². The van der Waals surface area contributed by atoms with Crippen molar-refractivity contribution < 1.29 is 4.74 Å². The molecule has 2 heteroatoms. The Kier molecular flexibility index (Phi) is 5.26. The van der Waals surface area contributed by atoms with Crippen molar-refractivity contribution >= 4 is 0 Å². The van der Waals surface area contributed by atoms with Crippen molar-refractivity contribution in [1.82, 2.24) is 0 Å². The van der Waals surface area contributed by atoms with Gasteiger partial charge in [0.2, 0.25) is 0 Å². The van der Waals surface area contributed by atoms with Gasteiger partial charge in [0.1, 0.15) is 5.75 Å². The molecule has 2 nitrogen and oxygen atoms in total. The highest BCUT2D eigenvalue weighted by Crippen LogP contribution is 2.29. The van der Waals surface area contributed by atoms with Crippen molar-refractivity contribution in [2.75, 3.05) is 6.54 Å². The average Bonchev–Trinajstić information content (AvgIpc) is 2.63. The molecule has 0 spiro atoms. The van der Waals surface area contributed by atoms with Crippen LogP contribution in [0.3, 0.4) is 0 Å². The number of rotatable bonds is 4. The van der Waals surface area contributed by atoms with Crippen molar-refractivity contribution in [2.24, 2.45) is 5.73 Å². The van der Waals surface area contributed by atoms with Gasteiger partial charge < -0.3 is 10.5 Å². The van der Waals surface area contributed by atoms with Crippen LogP contribution in [-0.4, -0.2) is 12.6 Å². The summed E-state index contributed by atoms with van der Waals surface area (Å²) in [5.74, 6) is 1.10. The quantitative estimate of drug-likeness (QED) is 0.834. The van der Waals surface area contributed by atoms with Gasteiger partial charge in [-0.25, -0.2) is 0 Å². The van der Waals surface area contributed by atoms with Crippen LogP contribution in [0.2, 0.25) is 0 Å². The first-order valence-corrected chi connectivity index (χ1v) is 7.67. The summed E-state index contributed by atoms with van der Waals surface area (Å²) in [6, 6.07) is 4.46. The van der Waals surface area contributed by atoms with Crippen LogP contribution in [-0.2, 0) is 6.42 Å². The maximum atomic E-state index is 6.30. The van der Waals surface area contributed by atoms with Gasteiger partial charge in [-0.2, -0.15) is 0 Å². The maximum absolute atomic E-state index is 6.30. The summed E-state index contributed by atoms with van der Waals surface area (Å²) in [5.41, 5.74) is 9.47. The zero-order valence-corrected chi connectivity index (χ0v) is 12.4. The topological polar surface area (TPSA) is 35.2 Å². The predicted molar refractivity (Wildman–Crippen MR) is 80.8 cm³/mol. The van der Waals surface area contributed by atoms with E-state index in [2.05, 4.69) is 26.0 Å². The molecule has 0 aliphatic heterocycles. The van der Waals surface area contributed by atoms with E-state index in [1.54, 1.807) is 0 Å². The van der Waals surface area contributed by atoms with E-state index >= 15 is 0 Å². The number of ether oxygens (including phenoxy) is 1. The van der Waals surface area contributed by atoms with E-state index in [0.29, 0.717) is 12.6 Å². The maximum Gasteiger partial charge on any atom is 0.125 e. The Hall–Kier alpha value is -1.02. The Bertz CT molecular complexity index is 383. The molecule has 0 aromatic heterocycles. The SMILES string of the molecule is Cc1cc(CCN)cc(C)c1OC1CCCCCC1. The van der Waals surface area contributed by atoms with E-state index < -0.39 is 0 Å². The van der Waals surface area contributed by atoms with Crippen LogP contribution in [0.15, 0.2) is 12.1 Å². The van der Waals surface area contributed by atoms with E-state index in [0.717, 1.165) is 12.2 Å². The van der Waals surface area contributed by atoms with Gasteiger partial charge in [0.05, 0.1) is 6.10 Å². The third-order valence-electron chi connectivity index (χ3n) is 4.04. The van der Waals surface area contributed by atoms with Gasteiger partial charge in [0.25, 0.3) is 0 Å². The van der Waals surface area contributed by atoms with Crippen LogP contribution in [0.25, 0.3) is 0 Å². The number of benzene rings is 1. The number of aryl methyl sites for hydroxylation is 2. The molecular weight excluding hydrogens is 234 g/mol. The van der Waals surface area contributed by atoms with Gasteiger partial charge in [0, 0.05) is 0 Å². The predicted octanol–water partition coefficient (Wildman–Crippen LogP) is 3.91. The lowest BCUT2D eigenvalue weighted by atomic mass is 10.0. The van der Waals surface area contributed by atoms with Crippen molar-refractivity contribution in [3.63, 3.8) is 0 Å². The Balaban J connectivity index is 2.10. The lowest BCUT2D eigenvalue weighted by Crippen LogP contribution is -2.16. The summed E-state index contributed by atoms with van der Waals surface area (Å²) in [6.07, 6.45) is 9.15. The second-order valence-corrected chi connectivity index (χ2v) is 5.83. The molecule has 1 fully saturated rings. The van der Waals surface area contributed by atoms with Crippen molar-refractivity contribution in [2.45, 2.75) is 64.9 Å². The summed E-state index contributed by atoms with van der Waals surface area (Å²) < 4.78 is 6.30. The standard InChI is InChI=1S/C17H27NO/c1-13-11-15(9-10-18)12-14(2)17(13)19-16-7-5-3-4-6-8-16/h11-12,16H,3-10,18H2,1-2H3. The molecule has 2 rings (SSSR count). The molecule has 0 amide bonds. The molecular formula is C17H27NO. The largest absolute Gasteiger partial charge is 0.490 e. The normalized spacial score (nSPS) is 17.2. The van der Waals surface area contributed by atoms with Gasteiger partial charge in [0.15, 0.2) is 0 Å². The molecule has 0 atom stereocenters. The second-order valence-electron chi connectivity index (χ2n) is 5.83. The molecule has 0 saturated heterocycles.